The summed E-state index contributed by atoms with van der Waals surface area (Å²) in [5.41, 5.74) is 0.523. The van der Waals surface area contributed by atoms with Gasteiger partial charge in [0, 0.05) is 5.56 Å². The van der Waals surface area contributed by atoms with Gasteiger partial charge in [0.15, 0.2) is 0 Å². The molecule has 1 unspecified atom stereocenters. The Kier molecular flexibility index (Phi) is 7.29. The highest BCUT2D eigenvalue weighted by Gasteiger charge is 2.21. The normalized spacial score (nSPS) is 12.2. The van der Waals surface area contributed by atoms with Crippen molar-refractivity contribution >= 4 is 39.4 Å². The molecule has 0 spiro atoms. The van der Waals surface area contributed by atoms with E-state index in [1.807, 2.05) is 46.9 Å². The van der Waals surface area contributed by atoms with E-state index in [2.05, 4.69) is 15.3 Å². The molecule has 35 heavy (non-hydrogen) atoms. The molecule has 1 atom stereocenters. The van der Waals surface area contributed by atoms with Crippen LogP contribution in [0.15, 0.2) is 53.3 Å². The summed E-state index contributed by atoms with van der Waals surface area (Å²) in [5, 5.41) is 3.69. The Hall–Kier alpha value is -3.15. The number of hydrogen-bond acceptors (Lipinski definition) is 5. The summed E-state index contributed by atoms with van der Waals surface area (Å²) in [6.45, 7) is 3.62. The molecule has 182 valence electrons. The number of rotatable bonds is 7. The zero-order valence-corrected chi connectivity index (χ0v) is 21.3. The number of halogens is 4. The maximum absolute atomic E-state index is 14.7. The van der Waals surface area contributed by atoms with Gasteiger partial charge in [-0.2, -0.15) is 0 Å². The van der Waals surface area contributed by atoms with Crippen LogP contribution in [0.3, 0.4) is 0 Å². The Morgan fingerprint density at radius 3 is 2.46 bits per heavy atom. The number of aromatic nitrogens is 3. The topological polar surface area (TPSA) is 69.0 Å². The van der Waals surface area contributed by atoms with Crippen LogP contribution in [0, 0.1) is 16.3 Å². The number of benzene rings is 2. The lowest BCUT2D eigenvalue weighted by Crippen LogP contribution is -2.25. The predicted molar refractivity (Wildman–Crippen MR) is 137 cm³/mol. The molecule has 0 aliphatic rings. The van der Waals surface area contributed by atoms with E-state index in [0.717, 1.165) is 11.6 Å². The quantitative estimate of drug-likeness (QED) is 0.266. The van der Waals surface area contributed by atoms with Crippen molar-refractivity contribution in [1.82, 2.24) is 14.5 Å². The van der Waals surface area contributed by atoms with Crippen molar-refractivity contribution in [3.63, 3.8) is 0 Å². The maximum atomic E-state index is 14.7. The first kappa shape index (κ1) is 25.0. The molecule has 4 rings (SSSR count). The van der Waals surface area contributed by atoms with Crippen LogP contribution >= 0.6 is 22.6 Å². The van der Waals surface area contributed by atoms with E-state index >= 15 is 0 Å². The van der Waals surface area contributed by atoms with Crippen molar-refractivity contribution in [2.45, 2.75) is 32.9 Å². The number of nitrogens with one attached hydrogen (secondary N) is 1. The number of ether oxygens (including phenoxy) is 1. The minimum absolute atomic E-state index is 0.0912. The summed E-state index contributed by atoms with van der Waals surface area (Å²) in [6, 6.07) is 12.3. The number of fused-ring (bicyclic) bond motifs is 1. The number of anilines is 1. The monoisotopic (exact) mass is 594 g/mol. The SMILES string of the molecule is COc1ccc(Cn2c(=O)c(I)cc3c(NC(C)c4cccc(C(F)F)c4F)nc(C)nc32)cc1. The van der Waals surface area contributed by atoms with Crippen LogP contribution in [0.2, 0.25) is 0 Å². The molecule has 2 heterocycles. The molecule has 0 aliphatic heterocycles. The van der Waals surface area contributed by atoms with Crippen molar-refractivity contribution in [3.8, 4) is 5.75 Å². The molecule has 0 bridgehead atoms. The minimum Gasteiger partial charge on any atom is -0.497 e. The predicted octanol–water partition coefficient (Wildman–Crippen LogP) is 6.01. The summed E-state index contributed by atoms with van der Waals surface area (Å²) in [4.78, 5) is 22.0. The molecule has 0 amide bonds. The molecular formula is C25H22F3IN4O2. The highest BCUT2D eigenvalue weighted by atomic mass is 127. The number of nitrogens with zero attached hydrogens (tertiary/aromatic N) is 3. The first-order chi connectivity index (χ1) is 16.7. The van der Waals surface area contributed by atoms with Crippen molar-refractivity contribution < 1.29 is 17.9 Å². The van der Waals surface area contributed by atoms with Crippen LogP contribution in [0.25, 0.3) is 11.0 Å². The third-order valence-corrected chi connectivity index (χ3v) is 6.40. The summed E-state index contributed by atoms with van der Waals surface area (Å²) in [6.07, 6.45) is -2.92. The van der Waals surface area contributed by atoms with E-state index in [9.17, 15) is 18.0 Å². The molecule has 1 N–H and O–H groups in total. The van der Waals surface area contributed by atoms with Crippen LogP contribution in [-0.2, 0) is 6.54 Å². The Balaban J connectivity index is 1.79. The van der Waals surface area contributed by atoms with Crippen molar-refractivity contribution in [2.75, 3.05) is 12.4 Å². The van der Waals surface area contributed by atoms with E-state index < -0.39 is 23.8 Å². The van der Waals surface area contributed by atoms with Gasteiger partial charge in [0.05, 0.1) is 34.2 Å². The molecule has 6 nitrogen and oxygen atoms in total. The molecule has 2 aromatic heterocycles. The molecule has 4 aromatic rings. The van der Waals surface area contributed by atoms with Gasteiger partial charge in [0.25, 0.3) is 12.0 Å². The number of aryl methyl sites for hydroxylation is 1. The zero-order chi connectivity index (χ0) is 25.3. The molecule has 0 radical (unpaired) electrons. The standard InChI is InChI=1S/C25H22F3IN4O2/c1-13(17-5-4-6-18(21(17)26)22(27)28)30-23-19-11-20(29)25(34)33(24(19)32-14(2)31-23)12-15-7-9-16(35-3)10-8-15/h4-11,13,22H,12H2,1-3H3,(H,30,31,32). The Labute approximate surface area is 213 Å². The highest BCUT2D eigenvalue weighted by Crippen LogP contribution is 2.30. The van der Waals surface area contributed by atoms with Crippen molar-refractivity contribution in [3.05, 3.63) is 90.8 Å². The van der Waals surface area contributed by atoms with Gasteiger partial charge >= 0.3 is 0 Å². The van der Waals surface area contributed by atoms with Gasteiger partial charge in [-0.25, -0.2) is 23.1 Å². The molecule has 0 aliphatic carbocycles. The number of methoxy groups -OCH3 is 1. The van der Waals surface area contributed by atoms with Gasteiger partial charge < -0.3 is 10.1 Å². The van der Waals surface area contributed by atoms with E-state index in [1.54, 1.807) is 31.6 Å². The Bertz CT molecular complexity index is 1440. The third-order valence-electron chi connectivity index (χ3n) is 5.63. The first-order valence-electron chi connectivity index (χ1n) is 10.7. The van der Waals surface area contributed by atoms with Gasteiger partial charge in [-0.15, -0.1) is 0 Å². The Morgan fingerprint density at radius 2 is 1.80 bits per heavy atom. The summed E-state index contributed by atoms with van der Waals surface area (Å²) >= 11 is 1.96. The van der Waals surface area contributed by atoms with E-state index in [4.69, 9.17) is 4.74 Å². The van der Waals surface area contributed by atoms with Crippen LogP contribution < -0.4 is 15.6 Å². The van der Waals surface area contributed by atoms with Gasteiger partial charge in [-0.1, -0.05) is 30.3 Å². The second kappa shape index (κ2) is 10.2. The smallest absolute Gasteiger partial charge is 0.266 e. The maximum Gasteiger partial charge on any atom is 0.266 e. The van der Waals surface area contributed by atoms with Gasteiger partial charge in [0.2, 0.25) is 0 Å². The van der Waals surface area contributed by atoms with Crippen molar-refractivity contribution in [2.24, 2.45) is 0 Å². The molecule has 0 saturated carbocycles. The van der Waals surface area contributed by atoms with Crippen molar-refractivity contribution in [1.29, 1.82) is 0 Å². The fourth-order valence-corrected chi connectivity index (χ4v) is 4.45. The summed E-state index contributed by atoms with van der Waals surface area (Å²) in [7, 11) is 1.58. The fourth-order valence-electron chi connectivity index (χ4n) is 3.84. The van der Waals surface area contributed by atoms with Crippen LogP contribution in [0.4, 0.5) is 19.0 Å². The highest BCUT2D eigenvalue weighted by molar-refractivity contribution is 14.1. The Morgan fingerprint density at radius 1 is 1.11 bits per heavy atom. The second-order valence-corrected chi connectivity index (χ2v) is 9.17. The van der Waals surface area contributed by atoms with E-state index in [-0.39, 0.29) is 17.7 Å². The van der Waals surface area contributed by atoms with Gasteiger partial charge in [-0.05, 0) is 60.2 Å². The molecule has 2 aromatic carbocycles. The number of pyridine rings is 1. The van der Waals surface area contributed by atoms with E-state index in [1.165, 1.54) is 12.1 Å². The lowest BCUT2D eigenvalue weighted by Gasteiger charge is -2.20. The van der Waals surface area contributed by atoms with Gasteiger partial charge in [-0.3, -0.25) is 9.36 Å². The lowest BCUT2D eigenvalue weighted by atomic mass is 10.0. The largest absolute Gasteiger partial charge is 0.497 e. The molecule has 0 fully saturated rings. The van der Waals surface area contributed by atoms with Crippen LogP contribution in [0.1, 0.15) is 41.9 Å². The third kappa shape index (κ3) is 5.12. The second-order valence-electron chi connectivity index (χ2n) is 8.01. The number of alkyl halides is 2. The average molecular weight is 594 g/mol. The zero-order valence-electron chi connectivity index (χ0n) is 19.2. The molecule has 0 saturated heterocycles. The summed E-state index contributed by atoms with van der Waals surface area (Å²) in [5.74, 6) is 0.528. The first-order valence-corrected chi connectivity index (χ1v) is 11.8. The van der Waals surface area contributed by atoms with E-state index in [0.29, 0.717) is 32.0 Å². The van der Waals surface area contributed by atoms with Gasteiger partial charge in [0.1, 0.15) is 28.9 Å². The van der Waals surface area contributed by atoms with Crippen LogP contribution in [-0.4, -0.2) is 21.6 Å². The molecular weight excluding hydrogens is 572 g/mol. The fraction of sp³-hybridized carbons (Fsp3) is 0.240. The molecule has 10 heteroatoms. The number of hydrogen-bond donors (Lipinski definition) is 1. The van der Waals surface area contributed by atoms with Crippen LogP contribution in [0.5, 0.6) is 5.75 Å². The lowest BCUT2D eigenvalue weighted by molar-refractivity contribution is 0.146. The minimum atomic E-state index is -2.92. The summed E-state index contributed by atoms with van der Waals surface area (Å²) < 4.78 is 48.3. The average Bonchev–Trinajstić information content (AvgIpc) is 2.83.